The molecule has 0 amide bonds. The Morgan fingerprint density at radius 1 is 1.29 bits per heavy atom. The highest BCUT2D eigenvalue weighted by molar-refractivity contribution is 8.03. The van der Waals surface area contributed by atoms with E-state index in [1.54, 1.807) is 0 Å². The van der Waals surface area contributed by atoms with Gasteiger partial charge in [0.05, 0.1) is 24.9 Å². The van der Waals surface area contributed by atoms with E-state index in [9.17, 15) is 14.7 Å². The van der Waals surface area contributed by atoms with Gasteiger partial charge in [0.2, 0.25) is 0 Å². The molecule has 1 unspecified atom stereocenters. The average Bonchev–Trinajstić information content (AvgIpc) is 3.04. The smallest absolute Gasteiger partial charge is 0.352 e. The fraction of sp³-hybridized carbons (Fsp3) is 0.318. The van der Waals surface area contributed by atoms with Crippen LogP contribution in [0.4, 0.5) is 0 Å². The zero-order valence-corrected chi connectivity index (χ0v) is 18.0. The second-order valence-corrected chi connectivity index (χ2v) is 8.52. The van der Waals surface area contributed by atoms with Gasteiger partial charge in [0.15, 0.2) is 0 Å². The van der Waals surface area contributed by atoms with Crippen molar-refractivity contribution in [3.8, 4) is 0 Å². The van der Waals surface area contributed by atoms with Gasteiger partial charge in [0.25, 0.3) is 0 Å². The van der Waals surface area contributed by atoms with Crippen molar-refractivity contribution in [2.45, 2.75) is 31.3 Å². The number of aromatic nitrogens is 2. The SMILES string of the molecule is COC(=O)C1=CNC(C(=O)O)=CSC1Cc1cn2c(n1)CN(Cc1ccccc1)CC2. The summed E-state index contributed by atoms with van der Waals surface area (Å²) >= 11 is 1.28. The number of fused-ring (bicyclic) bond motifs is 1. The zero-order valence-electron chi connectivity index (χ0n) is 17.2. The highest BCUT2D eigenvalue weighted by atomic mass is 32.2. The molecule has 1 aromatic carbocycles. The number of carbonyl (C=O) groups is 2. The number of nitrogens with zero attached hydrogens (tertiary/aromatic N) is 3. The molecule has 0 bridgehead atoms. The van der Waals surface area contributed by atoms with Crippen molar-refractivity contribution in [1.29, 1.82) is 0 Å². The average molecular weight is 441 g/mol. The van der Waals surface area contributed by atoms with Crippen LogP contribution in [-0.2, 0) is 40.4 Å². The third-order valence-corrected chi connectivity index (χ3v) is 6.43. The molecule has 4 rings (SSSR count). The van der Waals surface area contributed by atoms with Gasteiger partial charge in [-0.05, 0) is 5.56 Å². The third-order valence-electron chi connectivity index (χ3n) is 5.31. The van der Waals surface area contributed by atoms with Crippen LogP contribution in [0.15, 0.2) is 59.4 Å². The summed E-state index contributed by atoms with van der Waals surface area (Å²) < 4.78 is 7.06. The largest absolute Gasteiger partial charge is 0.477 e. The lowest BCUT2D eigenvalue weighted by Gasteiger charge is -2.27. The quantitative estimate of drug-likeness (QED) is 0.660. The van der Waals surface area contributed by atoms with Crippen molar-refractivity contribution in [2.24, 2.45) is 0 Å². The minimum absolute atomic E-state index is 0.0228. The van der Waals surface area contributed by atoms with Gasteiger partial charge >= 0.3 is 11.9 Å². The number of ether oxygens (including phenoxy) is 1. The fourth-order valence-corrected chi connectivity index (χ4v) is 4.76. The standard InChI is InChI=1S/C22H24N4O4S/c1-30-22(29)17-10-23-18(21(27)28)14-31-19(17)9-16-12-26-8-7-25(13-20(26)24-16)11-15-5-3-2-4-6-15/h2-6,10,12,14,19,23H,7-9,11,13H2,1H3,(H,27,28). The summed E-state index contributed by atoms with van der Waals surface area (Å²) in [6, 6.07) is 10.4. The van der Waals surface area contributed by atoms with Gasteiger partial charge in [-0.25, -0.2) is 14.6 Å². The number of carboxylic acids is 1. The molecule has 0 saturated heterocycles. The number of thioether (sulfide) groups is 1. The second-order valence-electron chi connectivity index (χ2n) is 7.44. The maximum atomic E-state index is 12.3. The van der Waals surface area contributed by atoms with Crippen LogP contribution in [0.3, 0.4) is 0 Å². The first kappa shape index (κ1) is 21.2. The summed E-state index contributed by atoms with van der Waals surface area (Å²) in [7, 11) is 1.32. The fourth-order valence-electron chi connectivity index (χ4n) is 3.71. The lowest BCUT2D eigenvalue weighted by Crippen LogP contribution is -2.33. The topological polar surface area (TPSA) is 96.7 Å². The van der Waals surface area contributed by atoms with Gasteiger partial charge in [-0.3, -0.25) is 4.90 Å². The third kappa shape index (κ3) is 5.00. The number of methoxy groups -OCH3 is 1. The number of rotatable bonds is 6. The van der Waals surface area contributed by atoms with Gasteiger partial charge in [-0.1, -0.05) is 30.3 Å². The van der Waals surface area contributed by atoms with Crippen LogP contribution in [0, 0.1) is 0 Å². The van der Waals surface area contributed by atoms with E-state index >= 15 is 0 Å². The van der Waals surface area contributed by atoms with E-state index in [0.717, 1.165) is 37.7 Å². The number of nitrogens with one attached hydrogen (secondary N) is 1. The first-order valence-corrected chi connectivity index (χ1v) is 10.9. The Labute approximate surface area is 184 Å². The first-order valence-electron chi connectivity index (χ1n) is 9.98. The van der Waals surface area contributed by atoms with Crippen molar-refractivity contribution in [3.63, 3.8) is 0 Å². The molecule has 8 nitrogen and oxygen atoms in total. The van der Waals surface area contributed by atoms with Gasteiger partial charge in [0, 0.05) is 49.1 Å². The zero-order chi connectivity index (χ0) is 21.8. The van der Waals surface area contributed by atoms with E-state index in [1.165, 1.54) is 36.0 Å². The monoisotopic (exact) mass is 440 g/mol. The summed E-state index contributed by atoms with van der Waals surface area (Å²) in [4.78, 5) is 30.7. The van der Waals surface area contributed by atoms with Gasteiger partial charge < -0.3 is 19.7 Å². The predicted molar refractivity (Wildman–Crippen MR) is 117 cm³/mol. The van der Waals surface area contributed by atoms with Crippen molar-refractivity contribution >= 4 is 23.7 Å². The minimum atomic E-state index is -1.08. The molecule has 1 atom stereocenters. The van der Waals surface area contributed by atoms with Crippen LogP contribution in [-0.4, -0.2) is 50.4 Å². The highest BCUT2D eigenvalue weighted by Crippen LogP contribution is 2.29. The van der Waals surface area contributed by atoms with E-state index in [1.807, 2.05) is 24.4 Å². The molecule has 2 N–H and O–H groups in total. The van der Waals surface area contributed by atoms with Gasteiger partial charge in [-0.15, -0.1) is 11.8 Å². The van der Waals surface area contributed by atoms with Crippen molar-refractivity contribution in [2.75, 3.05) is 13.7 Å². The van der Waals surface area contributed by atoms with E-state index < -0.39 is 11.9 Å². The lowest BCUT2D eigenvalue weighted by atomic mass is 10.1. The van der Waals surface area contributed by atoms with Crippen LogP contribution in [0.1, 0.15) is 17.1 Å². The summed E-state index contributed by atoms with van der Waals surface area (Å²) in [6.45, 7) is 3.44. The molecule has 3 heterocycles. The van der Waals surface area contributed by atoms with Crippen LogP contribution in [0.2, 0.25) is 0 Å². The number of aliphatic carboxylic acids is 1. The Bertz CT molecular complexity index is 1030. The summed E-state index contributed by atoms with van der Waals surface area (Å²) in [5, 5.41) is 13.2. The number of carbonyl (C=O) groups excluding carboxylic acids is 1. The summed E-state index contributed by atoms with van der Waals surface area (Å²) in [5.74, 6) is -0.563. The van der Waals surface area contributed by atoms with Crippen LogP contribution in [0.25, 0.3) is 0 Å². The van der Waals surface area contributed by atoms with Gasteiger partial charge in [-0.2, -0.15) is 0 Å². The molecule has 0 radical (unpaired) electrons. The van der Waals surface area contributed by atoms with E-state index in [0.29, 0.717) is 12.0 Å². The number of hydrogen-bond donors (Lipinski definition) is 2. The highest BCUT2D eigenvalue weighted by Gasteiger charge is 2.27. The molecule has 2 aromatic rings. The maximum Gasteiger partial charge on any atom is 0.352 e. The van der Waals surface area contributed by atoms with Crippen molar-refractivity contribution < 1.29 is 19.4 Å². The number of benzene rings is 1. The number of hydrogen-bond acceptors (Lipinski definition) is 7. The molecule has 162 valence electrons. The molecule has 0 fully saturated rings. The Hall–Kier alpha value is -3.04. The Morgan fingerprint density at radius 2 is 2.10 bits per heavy atom. The summed E-state index contributed by atoms with van der Waals surface area (Å²) in [5.41, 5.74) is 2.56. The van der Waals surface area contributed by atoms with E-state index in [2.05, 4.69) is 26.9 Å². The van der Waals surface area contributed by atoms with Gasteiger partial charge in [0.1, 0.15) is 11.5 Å². The van der Waals surface area contributed by atoms with Crippen molar-refractivity contribution in [1.82, 2.24) is 19.8 Å². The number of esters is 1. The van der Waals surface area contributed by atoms with Crippen molar-refractivity contribution in [3.05, 3.63) is 76.5 Å². The molecule has 1 aromatic heterocycles. The maximum absolute atomic E-state index is 12.3. The molecule has 9 heteroatoms. The molecular weight excluding hydrogens is 416 g/mol. The Kier molecular flexibility index (Phi) is 6.43. The molecule has 2 aliphatic rings. The normalized spacial score (nSPS) is 18.8. The molecule has 2 aliphatic heterocycles. The van der Waals surface area contributed by atoms with E-state index in [4.69, 9.17) is 9.72 Å². The Balaban J connectivity index is 1.48. The molecule has 0 spiro atoms. The lowest BCUT2D eigenvalue weighted by molar-refractivity contribution is -0.136. The van der Waals surface area contributed by atoms with Crippen LogP contribution >= 0.6 is 11.8 Å². The molecular formula is C22H24N4O4S. The van der Waals surface area contributed by atoms with Crippen LogP contribution in [0.5, 0.6) is 0 Å². The minimum Gasteiger partial charge on any atom is -0.477 e. The molecule has 31 heavy (non-hydrogen) atoms. The predicted octanol–water partition coefficient (Wildman–Crippen LogP) is 2.13. The van der Waals surface area contributed by atoms with E-state index in [-0.39, 0.29) is 10.9 Å². The molecule has 0 saturated carbocycles. The second kappa shape index (κ2) is 9.40. The molecule has 0 aliphatic carbocycles. The number of imidazole rings is 1. The van der Waals surface area contributed by atoms with Crippen LogP contribution < -0.4 is 5.32 Å². The first-order chi connectivity index (χ1) is 15.0. The summed E-state index contributed by atoms with van der Waals surface area (Å²) in [6.07, 6.45) is 3.95. The number of carboxylic acid groups (broad SMARTS) is 1. The Morgan fingerprint density at radius 3 is 2.84 bits per heavy atom.